The average Bonchev–Trinajstić information content (AvgIpc) is 2.82. The minimum absolute atomic E-state index is 0.0606. The summed E-state index contributed by atoms with van der Waals surface area (Å²) in [5.41, 5.74) is 6.36. The van der Waals surface area contributed by atoms with Crippen LogP contribution >= 0.6 is 0 Å². The lowest BCUT2D eigenvalue weighted by molar-refractivity contribution is -0.144. The number of carbonyl (C=O) groups excluding carboxylic acids is 5. The number of ether oxygens (including phenoxy) is 2. The Kier molecular flexibility index (Phi) is 12.9. The number of esters is 1. The van der Waals surface area contributed by atoms with Crippen molar-refractivity contribution in [1.82, 2.24) is 15.5 Å². The number of rotatable bonds is 13. The summed E-state index contributed by atoms with van der Waals surface area (Å²) in [4.78, 5) is 64.2. The Morgan fingerprint density at radius 3 is 2.36 bits per heavy atom. The Hall–Kier alpha value is -4.14. The predicted molar refractivity (Wildman–Crippen MR) is 142 cm³/mol. The summed E-state index contributed by atoms with van der Waals surface area (Å²) in [5, 5.41) is 14.7. The van der Waals surface area contributed by atoms with Gasteiger partial charge in [-0.3, -0.25) is 19.2 Å². The minimum Gasteiger partial charge on any atom is -0.466 e. The fraction of sp³-hybridized carbons (Fsp3) is 0.556. The van der Waals surface area contributed by atoms with Crippen LogP contribution in [0.4, 0.5) is 4.79 Å². The van der Waals surface area contributed by atoms with Crippen molar-refractivity contribution in [3.05, 3.63) is 34.9 Å². The van der Waals surface area contributed by atoms with Crippen LogP contribution in [0.25, 0.3) is 0 Å². The summed E-state index contributed by atoms with van der Waals surface area (Å²) in [6.07, 6.45) is -1.43. The van der Waals surface area contributed by atoms with E-state index in [0.717, 1.165) is 10.5 Å². The van der Waals surface area contributed by atoms with Gasteiger partial charge in [0.05, 0.1) is 19.1 Å². The van der Waals surface area contributed by atoms with Crippen LogP contribution in [0, 0.1) is 25.2 Å². The number of hydrogen-bond acceptors (Lipinski definition) is 8. The summed E-state index contributed by atoms with van der Waals surface area (Å²) in [7, 11) is 0. The second-order valence-electron chi connectivity index (χ2n) is 9.94. The second-order valence-corrected chi connectivity index (χ2v) is 9.94. The van der Waals surface area contributed by atoms with E-state index in [1.54, 1.807) is 46.8 Å². The molecule has 0 bridgehead atoms. The molecule has 0 radical (unpaired) electrons. The van der Waals surface area contributed by atoms with Crippen molar-refractivity contribution >= 4 is 29.8 Å². The van der Waals surface area contributed by atoms with E-state index in [0.29, 0.717) is 11.1 Å². The van der Waals surface area contributed by atoms with Gasteiger partial charge >= 0.3 is 12.1 Å². The smallest absolute Gasteiger partial charge is 0.408 e. The molecule has 0 saturated carbocycles. The Balaban J connectivity index is 3.47. The maximum absolute atomic E-state index is 13.8. The zero-order valence-electron chi connectivity index (χ0n) is 23.5. The highest BCUT2D eigenvalue weighted by Gasteiger charge is 2.37. The largest absolute Gasteiger partial charge is 0.466 e. The summed E-state index contributed by atoms with van der Waals surface area (Å²) < 4.78 is 10.2. The Labute approximate surface area is 229 Å². The molecule has 0 aliphatic heterocycles. The first-order chi connectivity index (χ1) is 18.2. The van der Waals surface area contributed by atoms with Crippen molar-refractivity contribution in [3.8, 4) is 6.07 Å². The number of benzene rings is 1. The molecule has 2 atom stereocenters. The molecule has 0 aromatic heterocycles. The molecule has 1 aromatic rings. The molecule has 0 heterocycles. The van der Waals surface area contributed by atoms with Gasteiger partial charge < -0.3 is 30.7 Å². The van der Waals surface area contributed by atoms with E-state index in [4.69, 9.17) is 15.2 Å². The van der Waals surface area contributed by atoms with Crippen molar-refractivity contribution in [2.75, 3.05) is 19.7 Å². The number of nitriles is 1. The predicted octanol–water partition coefficient (Wildman–Crippen LogP) is 1.92. The van der Waals surface area contributed by atoms with Crippen LogP contribution in [-0.2, 0) is 28.7 Å². The van der Waals surface area contributed by atoms with Gasteiger partial charge in [-0.15, -0.1) is 0 Å². The lowest BCUT2D eigenvalue weighted by Gasteiger charge is -2.33. The molecule has 4 N–H and O–H groups in total. The Morgan fingerprint density at radius 2 is 1.79 bits per heavy atom. The first kappa shape index (κ1) is 32.9. The second kappa shape index (κ2) is 15.3. The first-order valence-electron chi connectivity index (χ1n) is 12.7. The monoisotopic (exact) mass is 545 g/mol. The third kappa shape index (κ3) is 11.4. The van der Waals surface area contributed by atoms with Crippen LogP contribution in [0.3, 0.4) is 0 Å². The summed E-state index contributed by atoms with van der Waals surface area (Å²) >= 11 is 0. The van der Waals surface area contributed by atoms with E-state index in [1.807, 2.05) is 19.1 Å². The molecule has 0 saturated heterocycles. The van der Waals surface area contributed by atoms with Gasteiger partial charge in [0.1, 0.15) is 24.2 Å². The van der Waals surface area contributed by atoms with E-state index in [-0.39, 0.29) is 32.4 Å². The van der Waals surface area contributed by atoms with Crippen LogP contribution < -0.4 is 16.4 Å². The fourth-order valence-corrected chi connectivity index (χ4v) is 3.69. The van der Waals surface area contributed by atoms with Gasteiger partial charge in [-0.1, -0.05) is 23.8 Å². The molecule has 0 aliphatic carbocycles. The van der Waals surface area contributed by atoms with Crippen LogP contribution in [-0.4, -0.2) is 66.0 Å². The van der Waals surface area contributed by atoms with Gasteiger partial charge in [-0.2, -0.15) is 5.26 Å². The molecule has 0 aliphatic rings. The van der Waals surface area contributed by atoms with Gasteiger partial charge in [0.15, 0.2) is 0 Å². The van der Waals surface area contributed by atoms with Gasteiger partial charge in [0, 0.05) is 13.0 Å². The number of carbonyl (C=O) groups is 5. The van der Waals surface area contributed by atoms with Crippen LogP contribution in [0.5, 0.6) is 0 Å². The lowest BCUT2D eigenvalue weighted by atomic mass is 9.95. The quantitative estimate of drug-likeness (QED) is 0.248. The normalized spacial score (nSPS) is 12.3. The number of amides is 4. The van der Waals surface area contributed by atoms with Crippen molar-refractivity contribution in [1.29, 1.82) is 5.26 Å². The van der Waals surface area contributed by atoms with E-state index >= 15 is 0 Å². The minimum atomic E-state index is -1.32. The molecule has 39 heavy (non-hydrogen) atoms. The number of aryl methyl sites for hydroxylation is 2. The number of hydrogen-bond donors (Lipinski definition) is 3. The third-order valence-corrected chi connectivity index (χ3v) is 5.42. The van der Waals surface area contributed by atoms with E-state index in [1.165, 1.54) is 0 Å². The molecule has 2 unspecified atom stereocenters. The van der Waals surface area contributed by atoms with Gasteiger partial charge in [0.25, 0.3) is 0 Å². The maximum Gasteiger partial charge on any atom is 0.408 e. The third-order valence-electron chi connectivity index (χ3n) is 5.42. The van der Waals surface area contributed by atoms with Crippen LogP contribution in [0.15, 0.2) is 18.2 Å². The average molecular weight is 546 g/mol. The highest BCUT2D eigenvalue weighted by Crippen LogP contribution is 2.27. The number of nitrogens with one attached hydrogen (secondary N) is 2. The highest BCUT2D eigenvalue weighted by atomic mass is 16.6. The fourth-order valence-electron chi connectivity index (χ4n) is 3.69. The lowest BCUT2D eigenvalue weighted by Crippen LogP contribution is -2.53. The van der Waals surface area contributed by atoms with E-state index in [9.17, 15) is 29.2 Å². The molecular formula is C27H39N5O7. The number of nitrogens with zero attached hydrogens (tertiary/aromatic N) is 2. The molecule has 0 fully saturated rings. The summed E-state index contributed by atoms with van der Waals surface area (Å²) in [6.45, 7) is 9.79. The van der Waals surface area contributed by atoms with Gasteiger partial charge in [-0.05, 0) is 59.1 Å². The maximum atomic E-state index is 13.8. The van der Waals surface area contributed by atoms with Crippen LogP contribution in [0.2, 0.25) is 0 Å². The van der Waals surface area contributed by atoms with Gasteiger partial charge in [0.2, 0.25) is 17.7 Å². The molecule has 12 nitrogen and oxygen atoms in total. The molecule has 1 aromatic carbocycles. The molecule has 0 spiro atoms. The zero-order chi connectivity index (χ0) is 29.8. The van der Waals surface area contributed by atoms with Crippen molar-refractivity contribution in [2.24, 2.45) is 5.73 Å². The molecule has 4 amide bonds. The highest BCUT2D eigenvalue weighted by molar-refractivity contribution is 5.93. The van der Waals surface area contributed by atoms with Crippen molar-refractivity contribution < 1.29 is 33.4 Å². The number of primary amides is 1. The number of nitrogens with two attached hydrogens (primary N) is 1. The molecule has 1 rings (SSSR count). The van der Waals surface area contributed by atoms with Crippen molar-refractivity contribution in [2.45, 2.75) is 78.5 Å². The standard InChI is InChI=1S/C27H39N5O7/c1-7-38-22(34)12-14-30-24(35)23(19-16-17(2)8-9-18(19)3)32(15-13-28)25(36)20(10-11-21(29)33)31-26(37)39-27(4,5)6/h8-9,16,20,23H,7,10-12,14-15H2,1-6H3,(H2,29,33)(H,30,35)(H,31,37). The summed E-state index contributed by atoms with van der Waals surface area (Å²) in [6, 6.07) is 4.65. The Morgan fingerprint density at radius 1 is 1.13 bits per heavy atom. The van der Waals surface area contributed by atoms with E-state index in [2.05, 4.69) is 10.6 Å². The number of alkyl carbamates (subject to hydrolysis) is 1. The van der Waals surface area contributed by atoms with Gasteiger partial charge in [-0.25, -0.2) is 4.79 Å². The van der Waals surface area contributed by atoms with E-state index < -0.39 is 54.0 Å². The van der Waals surface area contributed by atoms with Crippen molar-refractivity contribution in [3.63, 3.8) is 0 Å². The zero-order valence-corrected chi connectivity index (χ0v) is 23.5. The SMILES string of the molecule is CCOC(=O)CCNC(=O)C(c1cc(C)ccc1C)N(CC#N)C(=O)C(CCC(N)=O)NC(=O)OC(C)(C)C. The molecular weight excluding hydrogens is 506 g/mol. The first-order valence-corrected chi connectivity index (χ1v) is 12.7. The molecule has 12 heteroatoms. The molecule has 214 valence electrons. The summed E-state index contributed by atoms with van der Waals surface area (Å²) in [5.74, 6) is -2.62. The van der Waals surface area contributed by atoms with Crippen LogP contribution in [0.1, 0.15) is 69.7 Å². The topological polar surface area (TPSA) is 181 Å². The Bertz CT molecular complexity index is 1090.